The van der Waals surface area contributed by atoms with Gasteiger partial charge in [0.2, 0.25) is 12.0 Å². The molecule has 6 aromatic rings. The number of furan rings is 1. The van der Waals surface area contributed by atoms with E-state index in [1.807, 2.05) is 68.0 Å². The molecule has 0 bridgehead atoms. The van der Waals surface area contributed by atoms with E-state index in [0.717, 1.165) is 22.0 Å². The molecule has 33 heavy (non-hydrogen) atoms. The van der Waals surface area contributed by atoms with Crippen LogP contribution in [0.25, 0.3) is 39.0 Å². The molecule has 0 aliphatic carbocycles. The molecule has 6 rings (SSSR count). The number of nitrogens with zero attached hydrogens (tertiary/aromatic N) is 4. The van der Waals surface area contributed by atoms with Crippen molar-refractivity contribution in [2.75, 3.05) is 0 Å². The van der Waals surface area contributed by atoms with Crippen LogP contribution in [0.4, 0.5) is 0 Å². The van der Waals surface area contributed by atoms with Crippen LogP contribution in [0.1, 0.15) is 9.81 Å². The summed E-state index contributed by atoms with van der Waals surface area (Å²) in [6, 6.07) is 26.9. The molecule has 0 aliphatic rings. The number of hydrogen-bond acceptors (Lipinski definition) is 3. The van der Waals surface area contributed by atoms with Gasteiger partial charge in [0.25, 0.3) is 0 Å². The SMILES string of the molecule is [2H]C([2H])([2H])c1ccc2c(n1)oc1c(-[n+]3[c-]n(C)cc3)[c-]ccc12.[Ir+3].[c-]1ccccc1-c1ccccn1. The van der Waals surface area contributed by atoms with Gasteiger partial charge in [-0.15, -0.1) is 35.9 Å². The van der Waals surface area contributed by atoms with Gasteiger partial charge in [0.05, 0.1) is 7.05 Å². The van der Waals surface area contributed by atoms with E-state index in [0.29, 0.717) is 17.0 Å². The summed E-state index contributed by atoms with van der Waals surface area (Å²) in [6.45, 7) is -2.26. The number of hydrogen-bond donors (Lipinski definition) is 0. The molecule has 0 radical (unpaired) electrons. The molecule has 4 heterocycles. The largest absolute Gasteiger partial charge is 3.00 e. The minimum absolute atomic E-state index is 0. The maximum absolute atomic E-state index is 7.47. The summed E-state index contributed by atoms with van der Waals surface area (Å²) in [5.74, 6) is 0. The molecule has 0 atom stereocenters. The quantitative estimate of drug-likeness (QED) is 0.204. The Bertz CT molecular complexity index is 1560. The Morgan fingerprint density at radius 2 is 1.91 bits per heavy atom. The molecule has 6 heteroatoms. The van der Waals surface area contributed by atoms with Gasteiger partial charge in [0, 0.05) is 39.4 Å². The van der Waals surface area contributed by atoms with Crippen LogP contribution in [0.2, 0.25) is 0 Å². The molecule has 0 spiro atoms. The summed E-state index contributed by atoms with van der Waals surface area (Å²) in [5, 5.41) is 1.64. The summed E-state index contributed by atoms with van der Waals surface area (Å²) in [6.07, 6.45) is 8.59. The Balaban J connectivity index is 0.000000198. The normalized spacial score (nSPS) is 12.2. The average molecular weight is 612 g/mol. The monoisotopic (exact) mass is 612 g/mol. The van der Waals surface area contributed by atoms with Crippen LogP contribution in [-0.2, 0) is 27.2 Å². The van der Waals surface area contributed by atoms with Crippen LogP contribution in [0.15, 0.2) is 89.7 Å². The first-order valence-corrected chi connectivity index (χ1v) is 9.99. The van der Waals surface area contributed by atoms with E-state index in [1.165, 1.54) is 6.07 Å². The van der Waals surface area contributed by atoms with Crippen molar-refractivity contribution in [2.24, 2.45) is 7.05 Å². The Morgan fingerprint density at radius 3 is 2.64 bits per heavy atom. The van der Waals surface area contributed by atoms with Crippen molar-refractivity contribution in [1.82, 2.24) is 14.5 Å². The van der Waals surface area contributed by atoms with Crippen molar-refractivity contribution < 1.29 is 33.2 Å². The maximum Gasteiger partial charge on any atom is 3.00 e. The van der Waals surface area contributed by atoms with E-state index in [-0.39, 0.29) is 25.8 Å². The van der Waals surface area contributed by atoms with Gasteiger partial charge in [-0.05, 0) is 36.4 Å². The number of fused-ring (bicyclic) bond motifs is 3. The van der Waals surface area contributed by atoms with Crippen molar-refractivity contribution in [3.05, 3.63) is 109 Å². The predicted molar refractivity (Wildman–Crippen MR) is 123 cm³/mol. The number of imidazole rings is 1. The molecule has 0 amide bonds. The van der Waals surface area contributed by atoms with Crippen LogP contribution >= 0.6 is 0 Å². The number of pyridine rings is 2. The minimum Gasteiger partial charge on any atom is -0.507 e. The second kappa shape index (κ2) is 9.90. The third-order valence-corrected chi connectivity index (χ3v) is 4.87. The van der Waals surface area contributed by atoms with E-state index >= 15 is 0 Å². The second-order valence-corrected chi connectivity index (χ2v) is 7.09. The zero-order valence-electron chi connectivity index (χ0n) is 20.6. The predicted octanol–water partition coefficient (Wildman–Crippen LogP) is 5.05. The summed E-state index contributed by atoms with van der Waals surface area (Å²) in [4.78, 5) is 8.37. The second-order valence-electron chi connectivity index (χ2n) is 7.09. The summed E-state index contributed by atoms with van der Waals surface area (Å²) in [5.41, 5.74) is 3.65. The number of aromatic nitrogens is 4. The van der Waals surface area contributed by atoms with Crippen LogP contribution in [0.3, 0.4) is 0 Å². The maximum atomic E-state index is 7.47. The molecule has 0 N–H and O–H groups in total. The van der Waals surface area contributed by atoms with Crippen LogP contribution in [0, 0.1) is 25.3 Å². The molecule has 5 nitrogen and oxygen atoms in total. The fraction of sp³-hybridized carbons (Fsp3) is 0.0741. The van der Waals surface area contributed by atoms with E-state index in [1.54, 1.807) is 27.5 Å². The third kappa shape index (κ3) is 4.77. The summed E-state index contributed by atoms with van der Waals surface area (Å²) >= 11 is 0. The fourth-order valence-electron chi connectivity index (χ4n) is 3.39. The molecule has 0 saturated carbocycles. The van der Waals surface area contributed by atoms with Gasteiger partial charge in [-0.3, -0.25) is 0 Å². The molecular weight excluding hydrogens is 589 g/mol. The summed E-state index contributed by atoms with van der Waals surface area (Å²) < 4.78 is 31.8. The van der Waals surface area contributed by atoms with Crippen molar-refractivity contribution in [3.63, 3.8) is 0 Å². The molecule has 0 saturated heterocycles. The molecule has 0 aliphatic heterocycles. The minimum atomic E-state index is -2.26. The van der Waals surface area contributed by atoms with Gasteiger partial charge in [-0.1, -0.05) is 17.5 Å². The first-order valence-electron chi connectivity index (χ1n) is 11.5. The van der Waals surface area contributed by atoms with Crippen molar-refractivity contribution in [1.29, 1.82) is 0 Å². The van der Waals surface area contributed by atoms with E-state index in [9.17, 15) is 0 Å². The Morgan fingerprint density at radius 1 is 1.00 bits per heavy atom. The van der Waals surface area contributed by atoms with Crippen molar-refractivity contribution >= 4 is 22.1 Å². The van der Waals surface area contributed by atoms with Crippen LogP contribution < -0.4 is 4.57 Å². The Labute approximate surface area is 209 Å². The van der Waals surface area contributed by atoms with Gasteiger partial charge in [0.15, 0.2) is 0 Å². The van der Waals surface area contributed by atoms with Crippen molar-refractivity contribution in [3.8, 4) is 16.9 Å². The summed E-state index contributed by atoms with van der Waals surface area (Å²) in [7, 11) is 1.87. The van der Waals surface area contributed by atoms with Gasteiger partial charge in [-0.2, -0.15) is 18.2 Å². The van der Waals surface area contributed by atoms with E-state index < -0.39 is 6.85 Å². The van der Waals surface area contributed by atoms with Crippen molar-refractivity contribution in [2.45, 2.75) is 6.85 Å². The van der Waals surface area contributed by atoms with Gasteiger partial charge in [0.1, 0.15) is 0 Å². The first-order chi connectivity index (χ1) is 16.9. The first kappa shape index (κ1) is 18.9. The van der Waals surface area contributed by atoms with Crippen LogP contribution in [-0.4, -0.2) is 14.5 Å². The number of aryl methyl sites for hydroxylation is 2. The van der Waals surface area contributed by atoms with E-state index in [4.69, 9.17) is 8.53 Å². The molecule has 4 aromatic heterocycles. The zero-order valence-corrected chi connectivity index (χ0v) is 20.0. The molecule has 0 unspecified atom stereocenters. The standard InChI is InChI=1S/C16H12N3O.C11H8N.Ir/c1-11-6-7-13-12-4-3-5-14(15(12)20-16(13)17-11)19-9-8-18(2)10-19;1-2-6-10(7-3-1)11-8-4-5-9-12-11;/h3-4,6-9H,1-2H3;1-6,8-9H;/q2*-1;+3/i1D3;;. The van der Waals surface area contributed by atoms with E-state index in [2.05, 4.69) is 28.4 Å². The Kier molecular flexibility index (Phi) is 5.68. The van der Waals surface area contributed by atoms with Gasteiger partial charge >= 0.3 is 20.1 Å². The molecule has 0 fully saturated rings. The number of rotatable bonds is 2. The van der Waals surface area contributed by atoms with Gasteiger partial charge in [-0.25, -0.2) is 4.98 Å². The van der Waals surface area contributed by atoms with Gasteiger partial charge < -0.3 is 18.5 Å². The molecule has 162 valence electrons. The third-order valence-electron chi connectivity index (χ3n) is 4.87. The Hall–Kier alpha value is -3.60. The fourth-order valence-corrected chi connectivity index (χ4v) is 3.39. The topological polar surface area (TPSA) is 47.7 Å². The van der Waals surface area contributed by atoms with Crippen LogP contribution in [0.5, 0.6) is 0 Å². The zero-order chi connectivity index (χ0) is 24.4. The average Bonchev–Trinajstić information content (AvgIpc) is 3.48. The smallest absolute Gasteiger partial charge is 0.507 e. The molecular formula is C27H20IrN4O+. The number of benzene rings is 2. The molecule has 2 aromatic carbocycles.